The SMILES string of the molecule is [C-]#[N+]c1cc2c(c3c1C1(CC34c3ccccc3-c3ccccc34)c3ccccc3-c3ccccc31)c1cc3c(c4c5c6c(c(C#N)cc5n2c14)C1(CC62c4ccccc4-c4ccccc42)c2ccccc2-c2ccccc21)-c1ccccc1C31c2ccccc2-c2ccccc21. The van der Waals surface area contributed by atoms with Gasteiger partial charge in [0.25, 0.3) is 0 Å². The van der Waals surface area contributed by atoms with Crippen LogP contribution in [-0.4, -0.2) is 4.40 Å². The van der Waals surface area contributed by atoms with Gasteiger partial charge in [0.1, 0.15) is 0 Å². The van der Waals surface area contributed by atoms with Crippen LogP contribution in [0.5, 0.6) is 0 Å². The third kappa shape index (κ3) is 5.07. The van der Waals surface area contributed by atoms with Crippen molar-refractivity contribution in [3.8, 4) is 72.8 Å². The van der Waals surface area contributed by atoms with E-state index in [1.165, 1.54) is 166 Å². The van der Waals surface area contributed by atoms with Gasteiger partial charge in [-0.3, -0.25) is 0 Å². The minimum atomic E-state index is -0.749. The van der Waals surface area contributed by atoms with Gasteiger partial charge in [0.15, 0.2) is 5.69 Å². The lowest BCUT2D eigenvalue weighted by Crippen LogP contribution is -2.30. The van der Waals surface area contributed by atoms with Gasteiger partial charge < -0.3 is 4.40 Å². The van der Waals surface area contributed by atoms with E-state index in [-0.39, 0.29) is 0 Å². The molecule has 0 bridgehead atoms. The summed E-state index contributed by atoms with van der Waals surface area (Å²) in [6.07, 6.45) is 1.40. The van der Waals surface area contributed by atoms with Crippen LogP contribution in [0.1, 0.15) is 107 Å². The topological polar surface area (TPSA) is 32.6 Å². The van der Waals surface area contributed by atoms with Gasteiger partial charge >= 0.3 is 0 Å². The molecule has 2 heterocycles. The van der Waals surface area contributed by atoms with Crippen LogP contribution in [0.4, 0.5) is 5.69 Å². The second kappa shape index (κ2) is 16.6. The summed E-state index contributed by atoms with van der Waals surface area (Å²) in [7, 11) is 0. The molecule has 24 rings (SSSR count). The Bertz CT molecular complexity index is 6300. The number of benzene rings is 14. The normalized spacial score (nSPS) is 16.6. The van der Waals surface area contributed by atoms with Gasteiger partial charge in [-0.2, -0.15) is 5.26 Å². The van der Waals surface area contributed by atoms with Crippen molar-refractivity contribution < 1.29 is 0 Å². The molecule has 3 heteroatoms. The molecule has 96 heavy (non-hydrogen) atoms. The van der Waals surface area contributed by atoms with Crippen molar-refractivity contribution in [3.05, 3.63) is 391 Å². The molecule has 0 aliphatic heterocycles. The molecule has 0 amide bonds. The van der Waals surface area contributed by atoms with Crippen molar-refractivity contribution in [2.45, 2.75) is 39.9 Å². The summed E-state index contributed by atoms with van der Waals surface area (Å²) in [6.45, 7) is 9.90. The van der Waals surface area contributed by atoms with E-state index in [0.29, 0.717) is 24.1 Å². The minimum Gasteiger partial charge on any atom is -0.309 e. The Morgan fingerprint density at radius 2 is 0.615 bits per heavy atom. The van der Waals surface area contributed by atoms with Gasteiger partial charge in [0, 0.05) is 48.7 Å². The first-order valence-corrected chi connectivity index (χ1v) is 33.8. The van der Waals surface area contributed by atoms with E-state index < -0.39 is 27.1 Å². The van der Waals surface area contributed by atoms with Crippen molar-refractivity contribution in [3.63, 3.8) is 0 Å². The zero-order chi connectivity index (χ0) is 62.5. The van der Waals surface area contributed by atoms with Crippen molar-refractivity contribution >= 4 is 43.8 Å². The van der Waals surface area contributed by atoms with E-state index in [4.69, 9.17) is 4.85 Å². The maximum Gasteiger partial charge on any atom is 0.194 e. The summed E-state index contributed by atoms with van der Waals surface area (Å²) >= 11 is 0. The van der Waals surface area contributed by atoms with Crippen LogP contribution >= 0.6 is 0 Å². The van der Waals surface area contributed by atoms with Crippen molar-refractivity contribution in [2.75, 3.05) is 0 Å². The quantitative estimate of drug-likeness (QED) is 0.139. The molecule has 3 nitrogen and oxygen atoms in total. The number of nitrogens with zero attached hydrogens (tertiary/aromatic N) is 3. The molecule has 438 valence electrons. The largest absolute Gasteiger partial charge is 0.309 e. The van der Waals surface area contributed by atoms with Crippen LogP contribution in [-0.2, 0) is 27.1 Å². The number of rotatable bonds is 0. The second-order valence-electron chi connectivity index (χ2n) is 28.5. The summed E-state index contributed by atoms with van der Waals surface area (Å²) in [5.41, 5.74) is 35.6. The third-order valence-corrected chi connectivity index (χ3v) is 25.3. The molecule has 0 fully saturated rings. The Morgan fingerprint density at radius 1 is 0.312 bits per heavy atom. The highest BCUT2D eigenvalue weighted by molar-refractivity contribution is 6.32. The molecule has 2 aromatic heterocycles. The van der Waals surface area contributed by atoms with Crippen LogP contribution in [0.3, 0.4) is 0 Å². The van der Waals surface area contributed by atoms with Gasteiger partial charge in [0.2, 0.25) is 0 Å². The predicted molar refractivity (Wildman–Crippen MR) is 385 cm³/mol. The average Bonchev–Trinajstić information content (AvgIpc) is 1.46. The van der Waals surface area contributed by atoms with Gasteiger partial charge in [-0.05, 0) is 187 Å². The second-order valence-corrected chi connectivity index (χ2v) is 28.5. The minimum absolute atomic E-state index is 0.666. The van der Waals surface area contributed by atoms with Gasteiger partial charge in [-0.1, -0.05) is 267 Å². The van der Waals surface area contributed by atoms with Crippen molar-refractivity contribution in [1.82, 2.24) is 4.40 Å². The Balaban J connectivity index is 0.991. The van der Waals surface area contributed by atoms with E-state index >= 15 is 0 Å². The molecule has 8 aliphatic rings. The van der Waals surface area contributed by atoms with E-state index in [0.717, 1.165) is 27.7 Å². The van der Waals surface area contributed by atoms with Crippen molar-refractivity contribution in [1.29, 1.82) is 5.26 Å². The lowest BCUT2D eigenvalue weighted by molar-refractivity contribution is 0.515. The van der Waals surface area contributed by atoms with Crippen LogP contribution in [0.25, 0.3) is 110 Å². The molecule has 0 saturated carbocycles. The highest BCUT2D eigenvalue weighted by atomic mass is 14.9. The third-order valence-electron chi connectivity index (χ3n) is 25.3. The van der Waals surface area contributed by atoms with Crippen LogP contribution < -0.4 is 0 Å². The maximum absolute atomic E-state index is 12.7. The maximum atomic E-state index is 12.7. The van der Waals surface area contributed by atoms with E-state index in [1.807, 2.05) is 0 Å². The Hall–Kier alpha value is -12.1. The smallest absolute Gasteiger partial charge is 0.194 e. The van der Waals surface area contributed by atoms with E-state index in [9.17, 15) is 11.8 Å². The predicted octanol–water partition coefficient (Wildman–Crippen LogP) is 21.7. The molecule has 14 aromatic carbocycles. The average molecular weight is 1210 g/mol. The number of hydrogen-bond donors (Lipinski definition) is 0. The fourth-order valence-corrected chi connectivity index (χ4v) is 22.7. The molecule has 5 spiro atoms. The molecule has 0 N–H and O–H groups in total. The molecule has 16 aromatic rings. The molecule has 0 saturated heterocycles. The fourth-order valence-electron chi connectivity index (χ4n) is 22.7. The lowest BCUT2D eigenvalue weighted by Gasteiger charge is -2.34. The number of aromatic nitrogens is 1. The Kier molecular flexibility index (Phi) is 8.72. The van der Waals surface area contributed by atoms with Crippen molar-refractivity contribution in [2.24, 2.45) is 0 Å². The lowest BCUT2D eigenvalue weighted by atomic mass is 9.67. The van der Waals surface area contributed by atoms with E-state index in [2.05, 4.69) is 296 Å². The standard InChI is InChI=1S/C93H51N3/c1-95-77-48-79-81(86-85(77)90(67-37-15-4-26-55(67)56-27-5-16-38-68(56)90)51-91(86)69-39-17-6-28-57(69)58-29-7-18-40-70(58)91)64-47-76-80(63-34-12-23-45-75(63)93(76)73-43-21-10-32-61(73)62-33-11-22-44-74(62)93)83-82-78(96(79)88(64)83)46-52(49-94)84-87(82)92(71-41-19-8-30-59(71)60-31-9-20-42-72(60)92)50-89(84)65-35-13-2-24-53(65)54-25-3-14-36-66(54)89/h2-48H,50-51H2. The van der Waals surface area contributed by atoms with Crippen LogP contribution in [0.2, 0.25) is 0 Å². The first kappa shape index (κ1) is 50.4. The molecular formula is C93H51N3. The zero-order valence-electron chi connectivity index (χ0n) is 51.9. The van der Waals surface area contributed by atoms with Gasteiger partial charge in [-0.25, -0.2) is 4.85 Å². The number of nitriles is 1. The molecule has 0 atom stereocenters. The number of fused-ring (bicyclic) bond motifs is 45. The summed E-state index contributed by atoms with van der Waals surface area (Å²) < 4.78 is 2.60. The van der Waals surface area contributed by atoms with E-state index in [1.54, 1.807) is 0 Å². The van der Waals surface area contributed by atoms with Crippen LogP contribution in [0, 0.1) is 17.9 Å². The van der Waals surface area contributed by atoms with Gasteiger partial charge in [0.05, 0.1) is 34.7 Å². The number of hydrogen-bond acceptors (Lipinski definition) is 1. The summed E-state index contributed by atoms with van der Waals surface area (Å²) in [4.78, 5) is 4.92. The Morgan fingerprint density at radius 3 is 0.990 bits per heavy atom. The first-order valence-electron chi connectivity index (χ1n) is 33.8. The highest BCUT2D eigenvalue weighted by Crippen LogP contribution is 2.76. The monoisotopic (exact) mass is 1210 g/mol. The fraction of sp³-hybridized carbons (Fsp3) is 0.0753. The zero-order valence-corrected chi connectivity index (χ0v) is 51.9. The highest BCUT2D eigenvalue weighted by Gasteiger charge is 2.66. The first-order chi connectivity index (χ1) is 47.5. The molecule has 0 unspecified atom stereocenters. The molecule has 0 radical (unpaired) electrons. The summed E-state index contributed by atoms with van der Waals surface area (Å²) in [5, 5.41) is 17.4. The van der Waals surface area contributed by atoms with Gasteiger partial charge in [-0.15, -0.1) is 0 Å². The Labute approximate surface area is 553 Å². The van der Waals surface area contributed by atoms with Crippen LogP contribution in [0.15, 0.2) is 285 Å². The summed E-state index contributed by atoms with van der Waals surface area (Å²) in [6, 6.07) is 112. The summed E-state index contributed by atoms with van der Waals surface area (Å²) in [5.74, 6) is 0. The molecular weight excluding hydrogens is 1160 g/mol. The molecule has 8 aliphatic carbocycles.